The van der Waals surface area contributed by atoms with Crippen LogP contribution < -0.4 is 10.1 Å². The van der Waals surface area contributed by atoms with Gasteiger partial charge in [0.05, 0.1) is 13.2 Å². The lowest BCUT2D eigenvalue weighted by Gasteiger charge is -2.16. The van der Waals surface area contributed by atoms with Crippen LogP contribution in [0, 0.1) is 11.3 Å². The second kappa shape index (κ2) is 4.32. The van der Waals surface area contributed by atoms with Gasteiger partial charge in [-0.1, -0.05) is 0 Å². The summed E-state index contributed by atoms with van der Waals surface area (Å²) >= 11 is 1.29. The summed E-state index contributed by atoms with van der Waals surface area (Å²) in [4.78, 5) is 12.2. The van der Waals surface area contributed by atoms with E-state index in [1.807, 2.05) is 6.07 Å². The van der Waals surface area contributed by atoms with E-state index in [1.54, 1.807) is 25.3 Å². The van der Waals surface area contributed by atoms with Gasteiger partial charge in [-0.2, -0.15) is 5.26 Å². The van der Waals surface area contributed by atoms with Crippen molar-refractivity contribution < 1.29 is 9.53 Å². The number of hydrogen-bond donors (Lipinski definition) is 1. The molecule has 0 aliphatic rings. The maximum absolute atomic E-state index is 11.7. The monoisotopic (exact) mass is 224 g/mol. The molecule has 0 unspecified atom stereocenters. The van der Waals surface area contributed by atoms with Gasteiger partial charge in [-0.3, -0.25) is 4.79 Å². The summed E-state index contributed by atoms with van der Waals surface area (Å²) in [6, 6.07) is 3.72. The molecule has 1 aromatic rings. The number of carbonyl (C=O) groups excluding carboxylic acids is 1. The molecule has 1 amide bonds. The van der Waals surface area contributed by atoms with Crippen molar-refractivity contribution in [2.24, 2.45) is 0 Å². The number of carbonyl (C=O) groups is 1. The number of ether oxygens (including phenoxy) is 1. The van der Waals surface area contributed by atoms with E-state index < -0.39 is 5.54 Å². The van der Waals surface area contributed by atoms with E-state index in [4.69, 9.17) is 10.00 Å². The highest BCUT2D eigenvalue weighted by Gasteiger charge is 2.22. The SMILES string of the molecule is COc1ccsc1C(=O)NC(C)(C)C#N. The number of nitrogens with zero attached hydrogens (tertiary/aromatic N) is 1. The second-order valence-corrected chi connectivity index (χ2v) is 4.43. The van der Waals surface area contributed by atoms with E-state index in [1.165, 1.54) is 18.4 Å². The number of thiophene rings is 1. The van der Waals surface area contributed by atoms with Gasteiger partial charge in [0.15, 0.2) is 0 Å². The maximum Gasteiger partial charge on any atom is 0.266 e. The van der Waals surface area contributed by atoms with Gasteiger partial charge in [-0.05, 0) is 25.3 Å². The van der Waals surface area contributed by atoms with E-state index in [-0.39, 0.29) is 5.91 Å². The molecule has 1 aromatic heterocycles. The van der Waals surface area contributed by atoms with Crippen LogP contribution >= 0.6 is 11.3 Å². The number of methoxy groups -OCH3 is 1. The van der Waals surface area contributed by atoms with Gasteiger partial charge >= 0.3 is 0 Å². The van der Waals surface area contributed by atoms with Crippen LogP contribution in [-0.4, -0.2) is 18.6 Å². The van der Waals surface area contributed by atoms with E-state index in [0.717, 1.165) is 0 Å². The van der Waals surface area contributed by atoms with Crippen LogP contribution in [0.1, 0.15) is 23.5 Å². The Balaban J connectivity index is 2.83. The second-order valence-electron chi connectivity index (χ2n) is 3.51. The summed E-state index contributed by atoms with van der Waals surface area (Å²) in [6.45, 7) is 3.29. The predicted octanol–water partition coefficient (Wildman–Crippen LogP) is 1.79. The van der Waals surface area contributed by atoms with E-state index in [2.05, 4.69) is 5.32 Å². The third-order valence-electron chi connectivity index (χ3n) is 1.76. The first kappa shape index (κ1) is 11.5. The Morgan fingerprint density at radius 2 is 2.33 bits per heavy atom. The zero-order valence-electron chi connectivity index (χ0n) is 8.83. The van der Waals surface area contributed by atoms with Gasteiger partial charge in [0, 0.05) is 0 Å². The number of amides is 1. The first-order valence-corrected chi connectivity index (χ1v) is 5.23. The van der Waals surface area contributed by atoms with Gasteiger partial charge in [-0.15, -0.1) is 11.3 Å². The smallest absolute Gasteiger partial charge is 0.266 e. The summed E-state index contributed by atoms with van der Waals surface area (Å²) in [6.07, 6.45) is 0. The topological polar surface area (TPSA) is 62.1 Å². The Morgan fingerprint density at radius 1 is 1.67 bits per heavy atom. The molecule has 0 aliphatic carbocycles. The van der Waals surface area contributed by atoms with Crippen LogP contribution in [0.4, 0.5) is 0 Å². The Bertz CT molecular complexity index is 404. The fraction of sp³-hybridized carbons (Fsp3) is 0.400. The quantitative estimate of drug-likeness (QED) is 0.851. The van der Waals surface area contributed by atoms with E-state index in [9.17, 15) is 4.79 Å². The molecular weight excluding hydrogens is 212 g/mol. The Kier molecular flexibility index (Phi) is 3.32. The summed E-state index contributed by atoms with van der Waals surface area (Å²) in [5.41, 5.74) is -0.869. The Morgan fingerprint density at radius 3 is 2.87 bits per heavy atom. The van der Waals surface area contributed by atoms with Crippen molar-refractivity contribution in [2.75, 3.05) is 7.11 Å². The van der Waals surface area contributed by atoms with Crippen LogP contribution in [0.5, 0.6) is 5.75 Å². The largest absolute Gasteiger partial charge is 0.495 e. The van der Waals surface area contributed by atoms with Crippen molar-refractivity contribution >= 4 is 17.2 Å². The van der Waals surface area contributed by atoms with E-state index in [0.29, 0.717) is 10.6 Å². The van der Waals surface area contributed by atoms with Gasteiger partial charge < -0.3 is 10.1 Å². The summed E-state index contributed by atoms with van der Waals surface area (Å²) in [7, 11) is 1.51. The molecule has 0 spiro atoms. The van der Waals surface area contributed by atoms with Crippen molar-refractivity contribution in [3.05, 3.63) is 16.3 Å². The summed E-state index contributed by atoms with van der Waals surface area (Å²) in [5.74, 6) is 0.250. The number of nitrogens with one attached hydrogen (secondary N) is 1. The lowest BCUT2D eigenvalue weighted by Crippen LogP contribution is -2.41. The highest BCUT2D eigenvalue weighted by atomic mass is 32.1. The number of nitriles is 1. The van der Waals surface area contributed by atoms with E-state index >= 15 is 0 Å². The lowest BCUT2D eigenvalue weighted by molar-refractivity contribution is 0.0930. The fourth-order valence-electron chi connectivity index (χ4n) is 0.992. The molecule has 80 valence electrons. The van der Waals surface area contributed by atoms with Crippen molar-refractivity contribution in [3.8, 4) is 11.8 Å². The van der Waals surface area contributed by atoms with Gasteiger partial charge in [-0.25, -0.2) is 0 Å². The minimum atomic E-state index is -0.869. The molecular formula is C10H12N2O2S. The summed E-state index contributed by atoms with van der Waals surface area (Å²) < 4.78 is 5.02. The molecule has 0 saturated heterocycles. The number of hydrogen-bond acceptors (Lipinski definition) is 4. The van der Waals surface area contributed by atoms with Crippen LogP contribution in [0.15, 0.2) is 11.4 Å². The third kappa shape index (κ3) is 2.70. The van der Waals surface area contributed by atoms with Crippen molar-refractivity contribution in [2.45, 2.75) is 19.4 Å². The molecule has 15 heavy (non-hydrogen) atoms. The lowest BCUT2D eigenvalue weighted by atomic mass is 10.1. The molecule has 0 aliphatic heterocycles. The van der Waals surface area contributed by atoms with Crippen molar-refractivity contribution in [1.82, 2.24) is 5.32 Å². The predicted molar refractivity (Wildman–Crippen MR) is 58.0 cm³/mol. The maximum atomic E-state index is 11.7. The minimum absolute atomic E-state index is 0.284. The summed E-state index contributed by atoms with van der Waals surface area (Å²) in [5, 5.41) is 13.2. The van der Waals surface area contributed by atoms with Gasteiger partial charge in [0.2, 0.25) is 0 Å². The molecule has 0 atom stereocenters. The molecule has 0 fully saturated rings. The highest BCUT2D eigenvalue weighted by molar-refractivity contribution is 7.12. The van der Waals surface area contributed by atoms with Crippen LogP contribution in [0.2, 0.25) is 0 Å². The molecule has 0 saturated carbocycles. The molecule has 0 bridgehead atoms. The number of rotatable bonds is 3. The highest BCUT2D eigenvalue weighted by Crippen LogP contribution is 2.24. The average Bonchev–Trinajstić information content (AvgIpc) is 2.64. The molecule has 0 aromatic carbocycles. The first-order chi connectivity index (χ1) is 7.00. The normalized spacial score (nSPS) is 10.5. The molecule has 1 rings (SSSR count). The van der Waals surface area contributed by atoms with Crippen molar-refractivity contribution in [3.63, 3.8) is 0 Å². The Hall–Kier alpha value is -1.54. The van der Waals surface area contributed by atoms with Crippen LogP contribution in [-0.2, 0) is 0 Å². The fourth-order valence-corrected chi connectivity index (χ4v) is 1.75. The molecule has 5 heteroatoms. The van der Waals surface area contributed by atoms with Crippen molar-refractivity contribution in [1.29, 1.82) is 5.26 Å². The van der Waals surface area contributed by atoms with Crippen LogP contribution in [0.25, 0.3) is 0 Å². The first-order valence-electron chi connectivity index (χ1n) is 4.35. The Labute approximate surface area is 92.5 Å². The van der Waals surface area contributed by atoms with Gasteiger partial charge in [0.25, 0.3) is 5.91 Å². The third-order valence-corrected chi connectivity index (χ3v) is 2.66. The zero-order valence-corrected chi connectivity index (χ0v) is 9.64. The zero-order chi connectivity index (χ0) is 11.5. The molecule has 0 radical (unpaired) electrons. The molecule has 1 N–H and O–H groups in total. The van der Waals surface area contributed by atoms with Crippen LogP contribution in [0.3, 0.4) is 0 Å². The minimum Gasteiger partial charge on any atom is -0.495 e. The standard InChI is InChI=1S/C10H12N2O2S/c1-10(2,6-11)12-9(13)8-7(14-3)4-5-15-8/h4-5H,1-3H3,(H,12,13). The average molecular weight is 224 g/mol. The van der Waals surface area contributed by atoms with Gasteiger partial charge in [0.1, 0.15) is 16.2 Å². The molecule has 4 nitrogen and oxygen atoms in total. The molecule has 1 heterocycles.